The monoisotopic (exact) mass is 375 g/mol. The van der Waals surface area contributed by atoms with E-state index in [1.54, 1.807) is 30.6 Å². The summed E-state index contributed by atoms with van der Waals surface area (Å²) in [6, 6.07) is 7.50. The number of hydrogen-bond donors (Lipinski definition) is 1. The summed E-state index contributed by atoms with van der Waals surface area (Å²) in [5, 5.41) is 2.49. The van der Waals surface area contributed by atoms with Gasteiger partial charge in [-0.1, -0.05) is 17.7 Å². The molecule has 0 bridgehead atoms. The van der Waals surface area contributed by atoms with Crippen LogP contribution in [0.1, 0.15) is 43.1 Å². The molecule has 0 aromatic heterocycles. The zero-order chi connectivity index (χ0) is 20.0. The lowest BCUT2D eigenvalue weighted by molar-refractivity contribution is -0.130. The van der Waals surface area contributed by atoms with Crippen LogP contribution in [-0.2, 0) is 9.53 Å². The van der Waals surface area contributed by atoms with Crippen LogP contribution < -0.4 is 5.32 Å². The second kappa shape index (κ2) is 8.88. The maximum absolute atomic E-state index is 12.6. The van der Waals surface area contributed by atoms with Crippen LogP contribution >= 0.6 is 0 Å². The Morgan fingerprint density at radius 1 is 1.00 bits per heavy atom. The Morgan fingerprint density at radius 3 is 2.22 bits per heavy atom. The summed E-state index contributed by atoms with van der Waals surface area (Å²) in [7, 11) is 0. The Bertz CT molecular complexity index is 679. The van der Waals surface area contributed by atoms with Gasteiger partial charge in [-0.15, -0.1) is 0 Å². The van der Waals surface area contributed by atoms with Crippen LogP contribution in [0.3, 0.4) is 0 Å². The van der Waals surface area contributed by atoms with Crippen LogP contribution in [0.5, 0.6) is 0 Å². The van der Waals surface area contributed by atoms with Gasteiger partial charge in [0.15, 0.2) is 0 Å². The number of nitrogens with zero attached hydrogens (tertiary/aromatic N) is 2. The number of benzene rings is 1. The van der Waals surface area contributed by atoms with E-state index in [-0.39, 0.29) is 18.4 Å². The highest BCUT2D eigenvalue weighted by Crippen LogP contribution is 2.11. The Morgan fingerprint density at radius 2 is 1.59 bits per heavy atom. The lowest BCUT2D eigenvalue weighted by atomic mass is 10.1. The van der Waals surface area contributed by atoms with E-state index in [9.17, 15) is 14.4 Å². The molecule has 1 fully saturated rings. The van der Waals surface area contributed by atoms with Gasteiger partial charge in [0.2, 0.25) is 5.91 Å². The first-order valence-electron chi connectivity index (χ1n) is 9.26. The van der Waals surface area contributed by atoms with Gasteiger partial charge in [0.25, 0.3) is 5.91 Å². The average Bonchev–Trinajstić information content (AvgIpc) is 2.84. The molecule has 148 valence electrons. The number of carbonyl (C=O) groups excluding carboxylic acids is 3. The van der Waals surface area contributed by atoms with Gasteiger partial charge in [0.05, 0.1) is 0 Å². The summed E-state index contributed by atoms with van der Waals surface area (Å²) in [5.41, 5.74) is 1.16. The van der Waals surface area contributed by atoms with Crippen molar-refractivity contribution in [3.05, 3.63) is 35.4 Å². The van der Waals surface area contributed by atoms with E-state index in [0.717, 1.165) is 5.56 Å². The number of ether oxygens (including phenoxy) is 1. The van der Waals surface area contributed by atoms with E-state index in [1.165, 1.54) is 0 Å². The highest BCUT2D eigenvalue weighted by molar-refractivity contribution is 5.94. The summed E-state index contributed by atoms with van der Waals surface area (Å²) in [6.45, 7) is 9.27. The molecule has 0 spiro atoms. The molecule has 1 aliphatic rings. The quantitative estimate of drug-likeness (QED) is 0.878. The minimum Gasteiger partial charge on any atom is -0.444 e. The molecule has 3 amide bonds. The molecule has 1 aromatic carbocycles. The van der Waals surface area contributed by atoms with Gasteiger partial charge >= 0.3 is 6.09 Å². The molecule has 0 unspecified atom stereocenters. The van der Waals surface area contributed by atoms with Crippen LogP contribution in [-0.4, -0.2) is 66.0 Å². The molecule has 1 aliphatic heterocycles. The van der Waals surface area contributed by atoms with Crippen molar-refractivity contribution < 1.29 is 19.1 Å². The minimum atomic E-state index is -0.609. The smallest absolute Gasteiger partial charge is 0.408 e. The van der Waals surface area contributed by atoms with E-state index >= 15 is 0 Å². The van der Waals surface area contributed by atoms with Crippen molar-refractivity contribution in [3.63, 3.8) is 0 Å². The molecular formula is C20H29N3O4. The molecule has 7 heteroatoms. The van der Waals surface area contributed by atoms with Crippen molar-refractivity contribution in [2.75, 3.05) is 32.7 Å². The van der Waals surface area contributed by atoms with Crippen LogP contribution in [0, 0.1) is 6.92 Å². The topological polar surface area (TPSA) is 79.0 Å². The van der Waals surface area contributed by atoms with Gasteiger partial charge in [-0.2, -0.15) is 0 Å². The van der Waals surface area contributed by atoms with Gasteiger partial charge in [-0.25, -0.2) is 4.79 Å². The van der Waals surface area contributed by atoms with E-state index < -0.39 is 11.7 Å². The van der Waals surface area contributed by atoms with Crippen LogP contribution in [0.2, 0.25) is 0 Å². The Kier molecular flexibility index (Phi) is 6.82. The van der Waals surface area contributed by atoms with E-state index in [0.29, 0.717) is 38.2 Å². The SMILES string of the molecule is Cc1ccc(C(=O)N2CCCN(C(=O)CNC(=O)OC(C)(C)C)CC2)cc1. The number of carbonyl (C=O) groups is 3. The fourth-order valence-corrected chi connectivity index (χ4v) is 2.82. The van der Waals surface area contributed by atoms with Crippen molar-refractivity contribution >= 4 is 17.9 Å². The molecule has 1 heterocycles. The number of alkyl carbamates (subject to hydrolysis) is 1. The lowest BCUT2D eigenvalue weighted by Crippen LogP contribution is -2.43. The molecule has 0 radical (unpaired) electrons. The minimum absolute atomic E-state index is 0.0174. The molecular weight excluding hydrogens is 346 g/mol. The van der Waals surface area contributed by atoms with Crippen LogP contribution in [0.25, 0.3) is 0 Å². The molecule has 2 rings (SSSR count). The van der Waals surface area contributed by atoms with Crippen molar-refractivity contribution in [2.45, 2.75) is 39.7 Å². The van der Waals surface area contributed by atoms with Crippen LogP contribution in [0.15, 0.2) is 24.3 Å². The first-order valence-corrected chi connectivity index (χ1v) is 9.26. The molecule has 0 saturated carbocycles. The number of hydrogen-bond acceptors (Lipinski definition) is 4. The normalized spacial score (nSPS) is 15.1. The first-order chi connectivity index (χ1) is 12.7. The van der Waals surface area contributed by atoms with Gasteiger partial charge in [0.1, 0.15) is 12.1 Å². The van der Waals surface area contributed by atoms with Crippen molar-refractivity contribution in [1.82, 2.24) is 15.1 Å². The molecule has 1 saturated heterocycles. The number of amides is 3. The Hall–Kier alpha value is -2.57. The van der Waals surface area contributed by atoms with Gasteiger partial charge in [0, 0.05) is 31.7 Å². The second-order valence-corrected chi connectivity index (χ2v) is 7.75. The maximum atomic E-state index is 12.6. The summed E-state index contributed by atoms with van der Waals surface area (Å²) < 4.78 is 5.13. The third-order valence-corrected chi connectivity index (χ3v) is 4.22. The Labute approximate surface area is 160 Å². The van der Waals surface area contributed by atoms with Crippen molar-refractivity contribution in [1.29, 1.82) is 0 Å². The molecule has 7 nitrogen and oxygen atoms in total. The molecule has 0 aliphatic carbocycles. The van der Waals surface area contributed by atoms with Crippen molar-refractivity contribution in [2.24, 2.45) is 0 Å². The number of rotatable bonds is 3. The average molecular weight is 375 g/mol. The summed E-state index contributed by atoms with van der Waals surface area (Å²) in [6.07, 6.45) is 0.0947. The first kappa shape index (κ1) is 20.7. The third kappa shape index (κ3) is 6.58. The van der Waals surface area contributed by atoms with E-state index in [2.05, 4.69) is 5.32 Å². The van der Waals surface area contributed by atoms with Gasteiger partial charge < -0.3 is 19.9 Å². The van der Waals surface area contributed by atoms with E-state index in [4.69, 9.17) is 4.74 Å². The molecule has 27 heavy (non-hydrogen) atoms. The molecule has 1 N–H and O–H groups in total. The summed E-state index contributed by atoms with van der Waals surface area (Å²) in [5.74, 6) is -0.193. The highest BCUT2D eigenvalue weighted by atomic mass is 16.6. The maximum Gasteiger partial charge on any atom is 0.408 e. The summed E-state index contributed by atoms with van der Waals surface area (Å²) >= 11 is 0. The third-order valence-electron chi connectivity index (χ3n) is 4.22. The molecule has 0 atom stereocenters. The van der Waals surface area contributed by atoms with Crippen molar-refractivity contribution in [3.8, 4) is 0 Å². The highest BCUT2D eigenvalue weighted by Gasteiger charge is 2.23. The van der Waals surface area contributed by atoms with E-state index in [1.807, 2.05) is 31.2 Å². The van der Waals surface area contributed by atoms with Crippen LogP contribution in [0.4, 0.5) is 4.79 Å². The fourth-order valence-electron chi connectivity index (χ4n) is 2.82. The fraction of sp³-hybridized carbons (Fsp3) is 0.550. The number of nitrogens with one attached hydrogen (secondary N) is 1. The zero-order valence-electron chi connectivity index (χ0n) is 16.6. The second-order valence-electron chi connectivity index (χ2n) is 7.75. The Balaban J connectivity index is 1.84. The standard InChI is InChI=1S/C20H29N3O4/c1-15-6-8-16(9-7-15)18(25)23-11-5-10-22(12-13-23)17(24)14-21-19(26)27-20(2,3)4/h6-9H,5,10-14H2,1-4H3,(H,21,26). The predicted octanol–water partition coefficient (Wildman–Crippen LogP) is 2.19. The largest absolute Gasteiger partial charge is 0.444 e. The summed E-state index contributed by atoms with van der Waals surface area (Å²) in [4.78, 5) is 40.1. The predicted molar refractivity (Wildman–Crippen MR) is 103 cm³/mol. The lowest BCUT2D eigenvalue weighted by Gasteiger charge is -2.23. The number of aryl methyl sites for hydroxylation is 1. The van der Waals surface area contributed by atoms with Gasteiger partial charge in [-0.3, -0.25) is 9.59 Å². The zero-order valence-corrected chi connectivity index (χ0v) is 16.6. The molecule has 1 aromatic rings. The van der Waals surface area contributed by atoms with Gasteiger partial charge in [-0.05, 0) is 46.2 Å².